The Balaban J connectivity index is 2.28. The minimum atomic E-state index is -0.841. The number of ether oxygens (including phenoxy) is 1. The van der Waals surface area contributed by atoms with Crippen molar-refractivity contribution in [3.8, 4) is 11.8 Å². The van der Waals surface area contributed by atoms with Gasteiger partial charge in [0.15, 0.2) is 0 Å². The minimum Gasteiger partial charge on any atom is -0.497 e. The van der Waals surface area contributed by atoms with Crippen LogP contribution in [-0.2, 0) is 0 Å². The summed E-state index contributed by atoms with van der Waals surface area (Å²) in [4.78, 5) is 15.9. The molecule has 0 atom stereocenters. The van der Waals surface area contributed by atoms with E-state index in [0.29, 0.717) is 28.0 Å². The lowest BCUT2D eigenvalue weighted by Gasteiger charge is -2.14. The van der Waals surface area contributed by atoms with Gasteiger partial charge < -0.3 is 15.8 Å². The molecule has 0 unspecified atom stereocenters. The first kappa shape index (κ1) is 17.5. The molecule has 1 aromatic heterocycles. The van der Waals surface area contributed by atoms with E-state index < -0.39 is 11.7 Å². The van der Waals surface area contributed by atoms with Gasteiger partial charge in [-0.1, -0.05) is 11.6 Å². The molecule has 6 nitrogen and oxygen atoms in total. The molecule has 0 spiro atoms. The molecule has 0 saturated heterocycles. The number of nitriles is 1. The second-order valence-electron chi connectivity index (χ2n) is 5.32. The number of anilines is 2. The highest BCUT2D eigenvalue weighted by Crippen LogP contribution is 2.33. The van der Waals surface area contributed by atoms with Crippen molar-refractivity contribution in [2.75, 3.05) is 12.4 Å². The van der Waals surface area contributed by atoms with Crippen molar-refractivity contribution < 1.29 is 13.9 Å². The predicted molar refractivity (Wildman–Crippen MR) is 96.2 cm³/mol. The van der Waals surface area contributed by atoms with Crippen LogP contribution in [0.15, 0.2) is 36.4 Å². The second kappa shape index (κ2) is 6.86. The number of methoxy groups -OCH3 is 1. The molecule has 3 aromatic rings. The number of nitrogens with one attached hydrogen (secondary N) is 1. The van der Waals surface area contributed by atoms with Crippen LogP contribution in [0, 0.1) is 17.1 Å². The van der Waals surface area contributed by atoms with Crippen LogP contribution in [0.2, 0.25) is 5.02 Å². The van der Waals surface area contributed by atoms with E-state index in [1.54, 1.807) is 18.2 Å². The maximum Gasteiger partial charge on any atom is 0.268 e. The van der Waals surface area contributed by atoms with Gasteiger partial charge in [-0.05, 0) is 30.3 Å². The van der Waals surface area contributed by atoms with E-state index in [-0.39, 0.29) is 16.3 Å². The predicted octanol–water partition coefficient (Wildman–Crippen LogP) is 3.75. The summed E-state index contributed by atoms with van der Waals surface area (Å²) in [5.74, 6) is -0.882. The number of hydrogen-bond donors (Lipinski definition) is 2. The molecule has 3 N–H and O–H groups in total. The van der Waals surface area contributed by atoms with Crippen LogP contribution in [0.5, 0.6) is 5.75 Å². The molecule has 0 aliphatic carbocycles. The quantitative estimate of drug-likeness (QED) is 0.728. The van der Waals surface area contributed by atoms with Crippen molar-refractivity contribution in [3.05, 3.63) is 58.5 Å². The fraction of sp³-hybridized carbons (Fsp3) is 0.0556. The van der Waals surface area contributed by atoms with E-state index in [4.69, 9.17) is 22.1 Å². The fourth-order valence-electron chi connectivity index (χ4n) is 2.51. The molecule has 0 bridgehead atoms. The Bertz CT molecular complexity index is 1080. The molecule has 26 heavy (non-hydrogen) atoms. The van der Waals surface area contributed by atoms with Crippen LogP contribution < -0.4 is 15.8 Å². The summed E-state index contributed by atoms with van der Waals surface area (Å²) in [6.07, 6.45) is 0. The smallest absolute Gasteiger partial charge is 0.268 e. The number of aromatic nitrogens is 1. The summed E-state index contributed by atoms with van der Waals surface area (Å²) < 4.78 is 18.6. The van der Waals surface area contributed by atoms with Crippen molar-refractivity contribution >= 4 is 39.8 Å². The summed E-state index contributed by atoms with van der Waals surface area (Å²) in [7, 11) is 1.50. The molecule has 1 heterocycles. The number of amides is 1. The third kappa shape index (κ3) is 3.10. The number of primary amides is 1. The van der Waals surface area contributed by atoms with E-state index >= 15 is 0 Å². The Morgan fingerprint density at radius 2 is 2.12 bits per heavy atom. The molecular formula is C18H12ClFN4O2. The molecule has 0 aliphatic heterocycles. The maximum absolute atomic E-state index is 13.4. The van der Waals surface area contributed by atoms with Gasteiger partial charge in [-0.3, -0.25) is 4.79 Å². The van der Waals surface area contributed by atoms with Crippen LogP contribution in [0.4, 0.5) is 15.8 Å². The Morgan fingerprint density at radius 3 is 2.73 bits per heavy atom. The molecule has 0 aliphatic rings. The third-order valence-electron chi connectivity index (χ3n) is 3.73. The number of benzene rings is 2. The van der Waals surface area contributed by atoms with E-state index in [9.17, 15) is 14.4 Å². The van der Waals surface area contributed by atoms with Crippen molar-refractivity contribution in [1.29, 1.82) is 5.26 Å². The Labute approximate surface area is 153 Å². The molecule has 0 fully saturated rings. The van der Waals surface area contributed by atoms with Crippen molar-refractivity contribution in [1.82, 2.24) is 4.98 Å². The van der Waals surface area contributed by atoms with Gasteiger partial charge in [-0.25, -0.2) is 9.37 Å². The number of nitrogens with two attached hydrogens (primary N) is 1. The van der Waals surface area contributed by atoms with Gasteiger partial charge in [-0.2, -0.15) is 5.26 Å². The van der Waals surface area contributed by atoms with Crippen LogP contribution >= 0.6 is 11.6 Å². The normalized spacial score (nSPS) is 10.4. The average molecular weight is 371 g/mol. The molecule has 2 aromatic carbocycles. The molecule has 0 saturated carbocycles. The molecule has 1 amide bonds. The zero-order valence-corrected chi connectivity index (χ0v) is 14.3. The standard InChI is InChI=1S/C18H12ClFN4O2/c1-26-10-3-4-11-15(7-10)24-17(18(22)25)12(8-21)16(11)23-9-2-5-14(20)13(19)6-9/h2-7H,1H3,(H2,22,25)(H,23,24). The summed E-state index contributed by atoms with van der Waals surface area (Å²) in [6, 6.07) is 11.0. The highest BCUT2D eigenvalue weighted by Gasteiger charge is 2.19. The number of fused-ring (bicyclic) bond motifs is 1. The van der Waals surface area contributed by atoms with E-state index in [1.165, 1.54) is 25.3 Å². The minimum absolute atomic E-state index is 0.0179. The lowest BCUT2D eigenvalue weighted by molar-refractivity contribution is 0.0995. The number of carbonyl (C=O) groups is 1. The second-order valence-corrected chi connectivity index (χ2v) is 5.73. The lowest BCUT2D eigenvalue weighted by Crippen LogP contribution is -2.16. The highest BCUT2D eigenvalue weighted by atomic mass is 35.5. The third-order valence-corrected chi connectivity index (χ3v) is 4.02. The van der Waals surface area contributed by atoms with Crippen LogP contribution in [0.25, 0.3) is 10.9 Å². The van der Waals surface area contributed by atoms with E-state index in [1.807, 2.05) is 6.07 Å². The number of halogens is 2. The number of rotatable bonds is 4. The van der Waals surface area contributed by atoms with Crippen LogP contribution in [0.3, 0.4) is 0 Å². The molecule has 130 valence electrons. The van der Waals surface area contributed by atoms with Gasteiger partial charge in [0.25, 0.3) is 5.91 Å². The summed E-state index contributed by atoms with van der Waals surface area (Å²) in [5.41, 5.74) is 6.34. The van der Waals surface area contributed by atoms with Crippen LogP contribution in [-0.4, -0.2) is 18.0 Å². The summed E-state index contributed by atoms with van der Waals surface area (Å²) in [5, 5.41) is 13.0. The van der Waals surface area contributed by atoms with Crippen molar-refractivity contribution in [2.24, 2.45) is 5.73 Å². The number of hydrogen-bond acceptors (Lipinski definition) is 5. The summed E-state index contributed by atoms with van der Waals surface area (Å²) in [6.45, 7) is 0. The van der Waals surface area contributed by atoms with Gasteiger partial charge in [0.2, 0.25) is 0 Å². The number of pyridine rings is 1. The molecule has 0 radical (unpaired) electrons. The average Bonchev–Trinajstić information content (AvgIpc) is 2.63. The number of carbonyl (C=O) groups excluding carboxylic acids is 1. The monoisotopic (exact) mass is 370 g/mol. The first-order valence-electron chi connectivity index (χ1n) is 7.38. The van der Waals surface area contributed by atoms with Crippen LogP contribution in [0.1, 0.15) is 16.1 Å². The van der Waals surface area contributed by atoms with Gasteiger partial charge in [0, 0.05) is 17.1 Å². The summed E-state index contributed by atoms with van der Waals surface area (Å²) >= 11 is 5.81. The largest absolute Gasteiger partial charge is 0.497 e. The first-order chi connectivity index (χ1) is 12.4. The van der Waals surface area contributed by atoms with E-state index in [0.717, 1.165) is 0 Å². The fourth-order valence-corrected chi connectivity index (χ4v) is 2.69. The van der Waals surface area contributed by atoms with Gasteiger partial charge in [0.05, 0.1) is 23.3 Å². The molecular weight excluding hydrogens is 359 g/mol. The van der Waals surface area contributed by atoms with Crippen molar-refractivity contribution in [3.63, 3.8) is 0 Å². The van der Waals surface area contributed by atoms with E-state index in [2.05, 4.69) is 10.3 Å². The molecule has 8 heteroatoms. The Hall–Kier alpha value is -3.37. The van der Waals surface area contributed by atoms with Gasteiger partial charge in [0.1, 0.15) is 28.9 Å². The zero-order chi connectivity index (χ0) is 18.8. The lowest BCUT2D eigenvalue weighted by atomic mass is 10.1. The number of nitrogens with zero attached hydrogens (tertiary/aromatic N) is 2. The Morgan fingerprint density at radius 1 is 1.35 bits per heavy atom. The van der Waals surface area contributed by atoms with Gasteiger partial charge in [-0.15, -0.1) is 0 Å². The zero-order valence-electron chi connectivity index (χ0n) is 13.5. The Kier molecular flexibility index (Phi) is 4.61. The SMILES string of the molecule is COc1ccc2c(Nc3ccc(F)c(Cl)c3)c(C#N)c(C(N)=O)nc2c1. The highest BCUT2D eigenvalue weighted by molar-refractivity contribution is 6.31. The van der Waals surface area contributed by atoms with Crippen molar-refractivity contribution in [2.45, 2.75) is 0 Å². The van der Waals surface area contributed by atoms with Gasteiger partial charge >= 0.3 is 0 Å². The topological polar surface area (TPSA) is 101 Å². The molecule has 3 rings (SSSR count). The maximum atomic E-state index is 13.4. The first-order valence-corrected chi connectivity index (χ1v) is 7.76.